The second-order valence-electron chi connectivity index (χ2n) is 6.34. The van der Waals surface area contributed by atoms with Gasteiger partial charge in [0.25, 0.3) is 0 Å². The van der Waals surface area contributed by atoms with Crippen molar-refractivity contribution in [1.82, 2.24) is 19.4 Å². The van der Waals surface area contributed by atoms with Crippen molar-refractivity contribution < 1.29 is 4.79 Å². The first-order valence-corrected chi connectivity index (χ1v) is 10.7. The van der Waals surface area contributed by atoms with Crippen molar-refractivity contribution in [3.63, 3.8) is 0 Å². The van der Waals surface area contributed by atoms with Crippen LogP contribution in [0.4, 0.5) is 5.13 Å². The predicted octanol–water partition coefficient (Wildman–Crippen LogP) is 3.08. The minimum absolute atomic E-state index is 0.165. The third kappa shape index (κ3) is 4.01. The van der Waals surface area contributed by atoms with Crippen LogP contribution in [0.2, 0.25) is 0 Å². The Labute approximate surface area is 166 Å². The summed E-state index contributed by atoms with van der Waals surface area (Å²) in [7, 11) is 0. The number of para-hydroxylation sites is 1. The minimum atomic E-state index is 0.165. The summed E-state index contributed by atoms with van der Waals surface area (Å²) < 4.78 is 2.05. The van der Waals surface area contributed by atoms with Crippen molar-refractivity contribution in [1.29, 1.82) is 0 Å². The van der Waals surface area contributed by atoms with Crippen molar-refractivity contribution in [3.8, 4) is 5.69 Å². The molecule has 4 rings (SSSR count). The molecule has 1 amide bonds. The first-order valence-electron chi connectivity index (χ1n) is 8.87. The zero-order valence-corrected chi connectivity index (χ0v) is 16.7. The topological polar surface area (TPSA) is 54.3 Å². The molecule has 3 aromatic rings. The minimum Gasteiger partial charge on any atom is -0.345 e. The van der Waals surface area contributed by atoms with Gasteiger partial charge >= 0.3 is 0 Å². The van der Waals surface area contributed by atoms with E-state index in [9.17, 15) is 4.79 Å². The summed E-state index contributed by atoms with van der Waals surface area (Å²) in [6.07, 6.45) is 5.55. The Bertz CT molecular complexity index is 900. The maximum absolute atomic E-state index is 12.6. The molecule has 27 heavy (non-hydrogen) atoms. The van der Waals surface area contributed by atoms with Crippen LogP contribution in [0.1, 0.15) is 5.56 Å². The van der Waals surface area contributed by atoms with Gasteiger partial charge in [0.15, 0.2) is 10.3 Å². The molecule has 3 heterocycles. The largest absolute Gasteiger partial charge is 0.345 e. The summed E-state index contributed by atoms with van der Waals surface area (Å²) in [5.74, 6) is 0.568. The van der Waals surface area contributed by atoms with E-state index in [1.807, 2.05) is 39.4 Å². The number of imidazole rings is 1. The maximum Gasteiger partial charge on any atom is 0.233 e. The molecule has 0 spiro atoms. The second kappa shape index (κ2) is 8.14. The standard InChI is InChI=1S/C19H21N5OS2/c1-15-4-2-3-5-16(15)24-8-6-20-19(24)27-14-17(25)22-9-11-23(12-10-22)18-21-7-13-26-18/h2-8,13H,9-12,14H2,1H3. The molecular weight excluding hydrogens is 378 g/mol. The highest BCUT2D eigenvalue weighted by molar-refractivity contribution is 7.99. The highest BCUT2D eigenvalue weighted by Gasteiger charge is 2.22. The van der Waals surface area contributed by atoms with Crippen LogP contribution in [-0.4, -0.2) is 57.3 Å². The monoisotopic (exact) mass is 399 g/mol. The number of amides is 1. The van der Waals surface area contributed by atoms with Crippen molar-refractivity contribution in [2.45, 2.75) is 12.1 Å². The third-order valence-corrected chi connectivity index (χ3v) is 6.41. The lowest BCUT2D eigenvalue weighted by Gasteiger charge is -2.34. The number of carbonyl (C=O) groups excluding carboxylic acids is 1. The van der Waals surface area contributed by atoms with Gasteiger partial charge in [-0.05, 0) is 18.6 Å². The molecule has 140 valence electrons. The summed E-state index contributed by atoms with van der Waals surface area (Å²) >= 11 is 3.14. The number of piperazine rings is 1. The van der Waals surface area contributed by atoms with E-state index in [1.54, 1.807) is 17.5 Å². The Morgan fingerprint density at radius 1 is 1.15 bits per heavy atom. The van der Waals surface area contributed by atoms with E-state index in [2.05, 4.69) is 33.9 Å². The summed E-state index contributed by atoms with van der Waals surface area (Å²) in [5.41, 5.74) is 2.28. The summed E-state index contributed by atoms with van der Waals surface area (Å²) in [5, 5.41) is 3.87. The Balaban J connectivity index is 1.34. The fourth-order valence-corrected chi connectivity index (χ4v) is 4.72. The number of benzene rings is 1. The van der Waals surface area contributed by atoms with E-state index in [4.69, 9.17) is 0 Å². The average molecular weight is 400 g/mol. The molecular formula is C19H21N5OS2. The quantitative estimate of drug-likeness (QED) is 0.617. The zero-order valence-electron chi connectivity index (χ0n) is 15.1. The van der Waals surface area contributed by atoms with Gasteiger partial charge in [0.05, 0.1) is 11.4 Å². The molecule has 8 heteroatoms. The van der Waals surface area contributed by atoms with Crippen LogP contribution in [0.3, 0.4) is 0 Å². The van der Waals surface area contributed by atoms with Gasteiger partial charge < -0.3 is 9.80 Å². The lowest BCUT2D eigenvalue weighted by molar-refractivity contribution is -0.128. The van der Waals surface area contributed by atoms with Crippen molar-refractivity contribution >= 4 is 34.1 Å². The Hall–Kier alpha value is -2.32. The van der Waals surface area contributed by atoms with Gasteiger partial charge in [0.1, 0.15) is 0 Å². The van der Waals surface area contributed by atoms with E-state index in [0.29, 0.717) is 5.75 Å². The smallest absolute Gasteiger partial charge is 0.233 e. The number of anilines is 1. The summed E-state index contributed by atoms with van der Waals surface area (Å²) in [6, 6.07) is 8.19. The molecule has 0 aliphatic carbocycles. The van der Waals surface area contributed by atoms with Gasteiger partial charge in [-0.1, -0.05) is 30.0 Å². The van der Waals surface area contributed by atoms with Crippen molar-refractivity contribution in [2.75, 3.05) is 36.8 Å². The summed E-state index contributed by atoms with van der Waals surface area (Å²) in [6.45, 7) is 5.23. The van der Waals surface area contributed by atoms with Crippen molar-refractivity contribution in [2.24, 2.45) is 0 Å². The van der Waals surface area contributed by atoms with Gasteiger partial charge in [-0.15, -0.1) is 11.3 Å². The average Bonchev–Trinajstić information content (AvgIpc) is 3.39. The van der Waals surface area contributed by atoms with Crippen LogP contribution in [0.15, 0.2) is 53.4 Å². The Morgan fingerprint density at radius 2 is 1.96 bits per heavy atom. The maximum atomic E-state index is 12.6. The normalized spacial score (nSPS) is 14.6. The number of thiazole rings is 1. The summed E-state index contributed by atoms with van der Waals surface area (Å²) in [4.78, 5) is 25.6. The number of hydrogen-bond donors (Lipinski definition) is 0. The molecule has 0 N–H and O–H groups in total. The highest BCUT2D eigenvalue weighted by atomic mass is 32.2. The van der Waals surface area contributed by atoms with Crippen LogP contribution in [0, 0.1) is 6.92 Å². The first-order chi connectivity index (χ1) is 13.2. The number of aryl methyl sites for hydroxylation is 1. The van der Waals surface area contributed by atoms with Crippen molar-refractivity contribution in [3.05, 3.63) is 53.8 Å². The fourth-order valence-electron chi connectivity index (χ4n) is 3.15. The Kier molecular flexibility index (Phi) is 5.45. The van der Waals surface area contributed by atoms with Crippen LogP contribution >= 0.6 is 23.1 Å². The number of carbonyl (C=O) groups is 1. The van der Waals surface area contributed by atoms with E-state index < -0.39 is 0 Å². The predicted molar refractivity (Wildman–Crippen MR) is 110 cm³/mol. The molecule has 2 aromatic heterocycles. The van der Waals surface area contributed by atoms with E-state index in [0.717, 1.165) is 42.2 Å². The molecule has 1 aromatic carbocycles. The molecule has 0 radical (unpaired) electrons. The molecule has 1 fully saturated rings. The molecule has 0 bridgehead atoms. The molecule has 0 atom stereocenters. The van der Waals surface area contributed by atoms with E-state index in [1.165, 1.54) is 17.3 Å². The third-order valence-electron chi connectivity index (χ3n) is 4.63. The lowest BCUT2D eigenvalue weighted by Crippen LogP contribution is -2.49. The molecule has 1 aliphatic heterocycles. The fraction of sp³-hybridized carbons (Fsp3) is 0.316. The van der Waals surface area contributed by atoms with Crippen LogP contribution in [0.5, 0.6) is 0 Å². The van der Waals surface area contributed by atoms with Gasteiger partial charge in [0.2, 0.25) is 5.91 Å². The molecule has 0 unspecified atom stereocenters. The van der Waals surface area contributed by atoms with Gasteiger partial charge in [0, 0.05) is 50.1 Å². The molecule has 1 aliphatic rings. The molecule has 0 saturated carbocycles. The molecule has 1 saturated heterocycles. The van der Waals surface area contributed by atoms with Crippen LogP contribution in [0.25, 0.3) is 5.69 Å². The first kappa shape index (κ1) is 18.1. The Morgan fingerprint density at radius 3 is 2.70 bits per heavy atom. The van der Waals surface area contributed by atoms with Gasteiger partial charge in [-0.3, -0.25) is 9.36 Å². The number of nitrogens with zero attached hydrogens (tertiary/aromatic N) is 5. The van der Waals surface area contributed by atoms with E-state index in [-0.39, 0.29) is 5.91 Å². The van der Waals surface area contributed by atoms with E-state index >= 15 is 0 Å². The molecule has 6 nitrogen and oxygen atoms in total. The SMILES string of the molecule is Cc1ccccc1-n1ccnc1SCC(=O)N1CCN(c2nccs2)CC1. The van der Waals surface area contributed by atoms with Gasteiger partial charge in [-0.2, -0.15) is 0 Å². The number of hydrogen-bond acceptors (Lipinski definition) is 6. The van der Waals surface area contributed by atoms with Crippen LogP contribution < -0.4 is 4.90 Å². The number of rotatable bonds is 5. The van der Waals surface area contributed by atoms with Gasteiger partial charge in [-0.25, -0.2) is 9.97 Å². The lowest BCUT2D eigenvalue weighted by atomic mass is 10.2. The second-order valence-corrected chi connectivity index (χ2v) is 8.15. The number of thioether (sulfide) groups is 1. The number of aromatic nitrogens is 3. The highest BCUT2D eigenvalue weighted by Crippen LogP contribution is 2.23. The van der Waals surface area contributed by atoms with Crippen LogP contribution in [-0.2, 0) is 4.79 Å². The zero-order chi connectivity index (χ0) is 18.6.